The van der Waals surface area contributed by atoms with E-state index in [4.69, 9.17) is 21.3 Å². The monoisotopic (exact) mass is 637 g/mol. The van der Waals surface area contributed by atoms with Gasteiger partial charge in [-0.2, -0.15) is 0 Å². The first-order chi connectivity index (χ1) is 21.3. The minimum Gasteiger partial charge on any atom is -0.453 e. The van der Waals surface area contributed by atoms with E-state index in [2.05, 4.69) is 20.4 Å². The van der Waals surface area contributed by atoms with Crippen LogP contribution in [0.3, 0.4) is 0 Å². The van der Waals surface area contributed by atoms with Crippen LogP contribution in [0.4, 0.5) is 9.59 Å². The van der Waals surface area contributed by atoms with Gasteiger partial charge in [-0.3, -0.25) is 9.59 Å². The van der Waals surface area contributed by atoms with Crippen molar-refractivity contribution in [2.45, 2.75) is 58.6 Å². The van der Waals surface area contributed by atoms with Gasteiger partial charge in [-0.05, 0) is 50.7 Å². The summed E-state index contributed by atoms with van der Waals surface area (Å²) in [7, 11) is 1.30. The van der Waals surface area contributed by atoms with Gasteiger partial charge < -0.3 is 30.0 Å². The van der Waals surface area contributed by atoms with E-state index in [0.717, 1.165) is 29.5 Å². The van der Waals surface area contributed by atoms with Gasteiger partial charge in [-0.25, -0.2) is 14.6 Å². The number of nitrogens with zero attached hydrogens (tertiary/aromatic N) is 2. The number of rotatable bonds is 10. The number of imidazole rings is 1. The third kappa shape index (κ3) is 9.07. The van der Waals surface area contributed by atoms with Crippen LogP contribution in [0.1, 0.15) is 69.2 Å². The minimum absolute atomic E-state index is 0.00196. The van der Waals surface area contributed by atoms with Crippen LogP contribution in [-0.4, -0.2) is 71.1 Å². The van der Waals surface area contributed by atoms with Gasteiger partial charge >= 0.3 is 12.2 Å². The predicted octanol–water partition coefficient (Wildman–Crippen LogP) is 6.15. The molecule has 45 heavy (non-hydrogen) atoms. The van der Waals surface area contributed by atoms with Gasteiger partial charge in [0.2, 0.25) is 5.91 Å². The number of ketones is 1. The van der Waals surface area contributed by atoms with Crippen LogP contribution in [-0.2, 0) is 14.3 Å². The van der Waals surface area contributed by atoms with E-state index < -0.39 is 17.8 Å². The lowest BCUT2D eigenvalue weighted by atomic mass is 10.0. The number of amides is 3. The Labute approximate surface area is 268 Å². The van der Waals surface area contributed by atoms with Crippen molar-refractivity contribution >= 4 is 35.5 Å². The molecule has 0 aliphatic carbocycles. The van der Waals surface area contributed by atoms with Crippen molar-refractivity contribution in [2.75, 3.05) is 26.7 Å². The van der Waals surface area contributed by atoms with Crippen molar-refractivity contribution in [3.8, 4) is 22.4 Å². The Morgan fingerprint density at radius 2 is 1.62 bits per heavy atom. The Kier molecular flexibility index (Phi) is 10.9. The van der Waals surface area contributed by atoms with E-state index in [9.17, 15) is 19.2 Å². The molecule has 1 saturated heterocycles. The van der Waals surface area contributed by atoms with Gasteiger partial charge in [-0.15, -0.1) is 0 Å². The quantitative estimate of drug-likeness (QED) is 0.226. The SMILES string of the molecule is COC(=O)NC[C@@H](C)CC(=O)N1CCC[C@H]1c1nc(-c2ccc(-c3ccc(C(=O)CNC(=O)OC(C)(C)C)cc3)cc2)c(Cl)[nH]1. The first-order valence-corrected chi connectivity index (χ1v) is 15.3. The van der Waals surface area contributed by atoms with Gasteiger partial charge in [0.15, 0.2) is 5.78 Å². The van der Waals surface area contributed by atoms with Crippen molar-refractivity contribution in [3.05, 3.63) is 65.1 Å². The lowest BCUT2D eigenvalue weighted by Gasteiger charge is -2.24. The zero-order valence-electron chi connectivity index (χ0n) is 26.2. The average molecular weight is 638 g/mol. The number of halogens is 1. The lowest BCUT2D eigenvalue weighted by molar-refractivity contribution is -0.133. The number of aromatic nitrogens is 2. The number of ether oxygens (including phenoxy) is 2. The number of alkyl carbamates (subject to hydrolysis) is 2. The number of hydrogen-bond acceptors (Lipinski definition) is 7. The summed E-state index contributed by atoms with van der Waals surface area (Å²) in [5.41, 5.74) is 3.13. The van der Waals surface area contributed by atoms with Crippen LogP contribution in [0.15, 0.2) is 48.5 Å². The summed E-state index contributed by atoms with van der Waals surface area (Å²) in [5.74, 6) is 0.373. The highest BCUT2D eigenvalue weighted by Gasteiger charge is 2.33. The lowest BCUT2D eigenvalue weighted by Crippen LogP contribution is -2.35. The molecule has 1 fully saturated rings. The summed E-state index contributed by atoms with van der Waals surface area (Å²) in [6.07, 6.45) is 0.773. The van der Waals surface area contributed by atoms with Gasteiger partial charge in [0.25, 0.3) is 0 Å². The molecule has 3 N–H and O–H groups in total. The molecule has 1 aliphatic heterocycles. The molecule has 240 valence electrons. The molecule has 11 nitrogen and oxygen atoms in total. The fourth-order valence-corrected chi connectivity index (χ4v) is 5.37. The highest BCUT2D eigenvalue weighted by atomic mass is 35.5. The van der Waals surface area contributed by atoms with Crippen LogP contribution in [0.2, 0.25) is 5.15 Å². The highest BCUT2D eigenvalue weighted by molar-refractivity contribution is 6.31. The molecule has 1 aliphatic rings. The Bertz CT molecular complexity index is 1510. The van der Waals surface area contributed by atoms with E-state index in [1.165, 1.54) is 7.11 Å². The third-order valence-corrected chi connectivity index (χ3v) is 7.63. The second kappa shape index (κ2) is 14.6. The fourth-order valence-electron chi connectivity index (χ4n) is 5.12. The number of carbonyl (C=O) groups excluding carboxylic acids is 4. The first kappa shape index (κ1) is 33.5. The van der Waals surface area contributed by atoms with E-state index in [-0.39, 0.29) is 30.2 Å². The van der Waals surface area contributed by atoms with Crippen LogP contribution >= 0.6 is 11.6 Å². The van der Waals surface area contributed by atoms with Crippen LogP contribution in [0.25, 0.3) is 22.4 Å². The van der Waals surface area contributed by atoms with Gasteiger partial charge in [-0.1, -0.05) is 67.1 Å². The standard InChI is InChI=1S/C33H40ClN5O6/c1-20(18-35-31(42)44-5)17-27(41)39-16-6-7-25(39)30-37-28(29(34)38-30)24-14-10-22(11-15-24)21-8-12-23(13-9-21)26(40)19-36-32(43)45-33(2,3)4/h8-15,20,25H,6-7,16-19H2,1-5H3,(H,35,42)(H,36,43)(H,37,38)/t20-,25-/m0/s1. The number of Topliss-reactive ketones (excluding diaryl/α,β-unsaturated/α-hetero) is 1. The Hall–Kier alpha value is -4.38. The summed E-state index contributed by atoms with van der Waals surface area (Å²) >= 11 is 6.60. The van der Waals surface area contributed by atoms with Crippen molar-refractivity contribution in [1.29, 1.82) is 0 Å². The maximum Gasteiger partial charge on any atom is 0.408 e. The maximum atomic E-state index is 13.1. The number of benzene rings is 2. The van der Waals surface area contributed by atoms with Crippen molar-refractivity contribution < 1.29 is 28.7 Å². The predicted molar refractivity (Wildman–Crippen MR) is 171 cm³/mol. The fraction of sp³-hybridized carbons (Fsp3) is 0.424. The summed E-state index contributed by atoms with van der Waals surface area (Å²) < 4.78 is 9.77. The molecule has 12 heteroatoms. The zero-order valence-corrected chi connectivity index (χ0v) is 27.0. The Morgan fingerprint density at radius 1 is 1.00 bits per heavy atom. The Morgan fingerprint density at radius 3 is 2.24 bits per heavy atom. The van der Waals surface area contributed by atoms with E-state index in [1.807, 2.05) is 48.2 Å². The summed E-state index contributed by atoms with van der Waals surface area (Å²) in [6, 6.07) is 14.7. The largest absolute Gasteiger partial charge is 0.453 e. The molecule has 2 aromatic carbocycles. The summed E-state index contributed by atoms with van der Waals surface area (Å²) in [4.78, 5) is 58.7. The normalized spacial score (nSPS) is 15.3. The number of carbonyl (C=O) groups is 4. The molecular formula is C33H40ClN5O6. The van der Waals surface area contributed by atoms with E-state index in [0.29, 0.717) is 41.7 Å². The first-order valence-electron chi connectivity index (χ1n) is 14.9. The number of likely N-dealkylation sites (tertiary alicyclic amines) is 1. The van der Waals surface area contributed by atoms with E-state index >= 15 is 0 Å². The van der Waals surface area contributed by atoms with Gasteiger partial charge in [0.05, 0.1) is 19.7 Å². The molecule has 3 amide bonds. The molecule has 1 aromatic heterocycles. The third-order valence-electron chi connectivity index (χ3n) is 7.36. The number of aromatic amines is 1. The smallest absolute Gasteiger partial charge is 0.408 e. The summed E-state index contributed by atoms with van der Waals surface area (Å²) in [5, 5.41) is 5.52. The molecule has 0 saturated carbocycles. The highest BCUT2D eigenvalue weighted by Crippen LogP contribution is 2.35. The molecule has 3 aromatic rings. The molecule has 0 bridgehead atoms. The molecule has 4 rings (SSSR count). The van der Waals surface area contributed by atoms with Crippen molar-refractivity contribution in [1.82, 2.24) is 25.5 Å². The topological polar surface area (TPSA) is 143 Å². The Balaban J connectivity index is 1.38. The van der Waals surface area contributed by atoms with Crippen molar-refractivity contribution in [3.63, 3.8) is 0 Å². The molecule has 2 atom stereocenters. The molecule has 0 radical (unpaired) electrons. The van der Waals surface area contributed by atoms with E-state index in [1.54, 1.807) is 32.9 Å². The molecular weight excluding hydrogens is 598 g/mol. The molecule has 0 spiro atoms. The average Bonchev–Trinajstić information content (AvgIpc) is 3.65. The number of hydrogen-bond donors (Lipinski definition) is 3. The maximum absolute atomic E-state index is 13.1. The second-order valence-corrected chi connectivity index (χ2v) is 12.5. The molecule has 2 heterocycles. The van der Waals surface area contributed by atoms with Crippen LogP contribution in [0, 0.1) is 5.92 Å². The minimum atomic E-state index is -0.640. The number of nitrogens with one attached hydrogen (secondary N) is 3. The summed E-state index contributed by atoms with van der Waals surface area (Å²) in [6.45, 7) is 8.00. The van der Waals surface area contributed by atoms with Gasteiger partial charge in [0.1, 0.15) is 22.3 Å². The number of H-pyrrole nitrogens is 1. The molecule has 0 unspecified atom stereocenters. The van der Waals surface area contributed by atoms with Gasteiger partial charge in [0, 0.05) is 30.6 Å². The van der Waals surface area contributed by atoms with Crippen molar-refractivity contribution in [2.24, 2.45) is 5.92 Å². The van der Waals surface area contributed by atoms with Crippen LogP contribution < -0.4 is 10.6 Å². The van der Waals surface area contributed by atoms with Crippen LogP contribution in [0.5, 0.6) is 0 Å². The zero-order chi connectivity index (χ0) is 32.7. The number of methoxy groups -OCH3 is 1. The second-order valence-electron chi connectivity index (χ2n) is 12.1.